The molecular formula is C22H21IN2O4. The molecule has 0 saturated heterocycles. The van der Waals surface area contributed by atoms with Crippen molar-refractivity contribution in [2.45, 2.75) is 20.0 Å². The number of halogens is 1. The van der Waals surface area contributed by atoms with Crippen LogP contribution in [0, 0.1) is 3.57 Å². The van der Waals surface area contributed by atoms with E-state index in [1.807, 2.05) is 44.2 Å². The number of nitrogens with one attached hydrogen (secondary N) is 1. The molecule has 3 aromatic rings. The summed E-state index contributed by atoms with van der Waals surface area (Å²) in [7, 11) is 1.57. The van der Waals surface area contributed by atoms with Crippen LogP contribution in [0.4, 0.5) is 0 Å². The first-order valence-electron chi connectivity index (χ1n) is 8.98. The number of fused-ring (bicyclic) bond motifs is 1. The van der Waals surface area contributed by atoms with Crippen LogP contribution in [0.1, 0.15) is 29.8 Å². The molecule has 0 saturated carbocycles. The highest BCUT2D eigenvalue weighted by molar-refractivity contribution is 14.1. The lowest BCUT2D eigenvalue weighted by molar-refractivity contribution is 0.0952. The van der Waals surface area contributed by atoms with Crippen LogP contribution >= 0.6 is 22.6 Å². The molecule has 0 heterocycles. The molecule has 3 aromatic carbocycles. The maximum absolute atomic E-state index is 12.4. The Morgan fingerprint density at radius 3 is 2.52 bits per heavy atom. The van der Waals surface area contributed by atoms with Gasteiger partial charge in [-0.05, 0) is 77.0 Å². The number of rotatable bonds is 6. The molecule has 0 spiro atoms. The summed E-state index contributed by atoms with van der Waals surface area (Å²) in [6.07, 6.45) is 1.53. The lowest BCUT2D eigenvalue weighted by atomic mass is 10.1. The van der Waals surface area contributed by atoms with Gasteiger partial charge in [0, 0.05) is 0 Å². The summed E-state index contributed by atoms with van der Waals surface area (Å²) in [6.45, 7) is 3.89. The summed E-state index contributed by atoms with van der Waals surface area (Å²) in [5, 5.41) is 15.9. The molecule has 150 valence electrons. The lowest BCUT2D eigenvalue weighted by Gasteiger charge is -2.15. The Balaban J connectivity index is 1.78. The predicted octanol–water partition coefficient (Wildman–Crippen LogP) is 4.71. The Morgan fingerprint density at radius 2 is 1.86 bits per heavy atom. The van der Waals surface area contributed by atoms with E-state index in [2.05, 4.69) is 33.1 Å². The minimum atomic E-state index is -0.495. The second-order valence-electron chi connectivity index (χ2n) is 6.62. The third-order valence-electron chi connectivity index (χ3n) is 4.09. The van der Waals surface area contributed by atoms with Crippen LogP contribution in [0.2, 0.25) is 0 Å². The Hall–Kier alpha value is -2.81. The Labute approximate surface area is 182 Å². The zero-order valence-corrected chi connectivity index (χ0v) is 18.4. The Kier molecular flexibility index (Phi) is 6.58. The highest BCUT2D eigenvalue weighted by atomic mass is 127. The maximum Gasteiger partial charge on any atom is 0.275 e. The molecule has 2 N–H and O–H groups in total. The second-order valence-corrected chi connectivity index (χ2v) is 7.78. The molecule has 0 aliphatic rings. The molecule has 1 amide bonds. The van der Waals surface area contributed by atoms with Gasteiger partial charge in [-0.3, -0.25) is 4.79 Å². The van der Waals surface area contributed by atoms with Crippen molar-refractivity contribution >= 4 is 45.5 Å². The topological polar surface area (TPSA) is 80.2 Å². The molecule has 0 atom stereocenters. The fourth-order valence-electron chi connectivity index (χ4n) is 2.80. The number of nitrogens with zero attached hydrogens (tertiary/aromatic N) is 1. The van der Waals surface area contributed by atoms with Crippen molar-refractivity contribution in [3.8, 4) is 17.2 Å². The molecule has 0 bridgehead atoms. The number of carbonyl (C=O) groups is 1. The minimum absolute atomic E-state index is 0.0193. The highest BCUT2D eigenvalue weighted by Gasteiger charge is 2.14. The molecule has 0 radical (unpaired) electrons. The van der Waals surface area contributed by atoms with E-state index in [9.17, 15) is 9.90 Å². The number of phenols is 1. The average Bonchev–Trinajstić information content (AvgIpc) is 2.68. The van der Waals surface area contributed by atoms with Gasteiger partial charge in [0.1, 0.15) is 5.75 Å². The van der Waals surface area contributed by atoms with Crippen molar-refractivity contribution in [2.24, 2.45) is 5.10 Å². The monoisotopic (exact) mass is 504 g/mol. The Bertz CT molecular complexity index is 1080. The van der Waals surface area contributed by atoms with E-state index in [4.69, 9.17) is 9.47 Å². The second kappa shape index (κ2) is 9.13. The van der Waals surface area contributed by atoms with Crippen molar-refractivity contribution in [2.75, 3.05) is 7.11 Å². The molecule has 7 heteroatoms. The van der Waals surface area contributed by atoms with Gasteiger partial charge in [0.15, 0.2) is 11.5 Å². The summed E-state index contributed by atoms with van der Waals surface area (Å²) < 4.78 is 12.1. The number of amides is 1. The van der Waals surface area contributed by atoms with Crippen molar-refractivity contribution in [3.63, 3.8) is 0 Å². The van der Waals surface area contributed by atoms with Crippen LogP contribution < -0.4 is 14.9 Å². The number of aromatic hydroxyl groups is 1. The van der Waals surface area contributed by atoms with E-state index < -0.39 is 5.91 Å². The highest BCUT2D eigenvalue weighted by Crippen LogP contribution is 2.34. The zero-order chi connectivity index (χ0) is 21.0. The molecular weight excluding hydrogens is 483 g/mol. The molecule has 29 heavy (non-hydrogen) atoms. The summed E-state index contributed by atoms with van der Waals surface area (Å²) in [5.41, 5.74) is 3.35. The molecule has 0 aliphatic carbocycles. The normalized spacial score (nSPS) is 11.2. The van der Waals surface area contributed by atoms with E-state index >= 15 is 0 Å². The van der Waals surface area contributed by atoms with Crippen molar-refractivity contribution < 1.29 is 19.4 Å². The summed E-state index contributed by atoms with van der Waals surface area (Å²) in [6, 6.07) is 14.4. The van der Waals surface area contributed by atoms with Gasteiger partial charge in [-0.15, -0.1) is 0 Å². The fourth-order valence-corrected chi connectivity index (χ4v) is 3.55. The molecule has 3 rings (SSSR count). The van der Waals surface area contributed by atoms with Gasteiger partial charge in [-0.2, -0.15) is 5.10 Å². The summed E-state index contributed by atoms with van der Waals surface area (Å²) >= 11 is 2.17. The van der Waals surface area contributed by atoms with Crippen LogP contribution in [0.3, 0.4) is 0 Å². The van der Waals surface area contributed by atoms with Crippen molar-refractivity contribution in [1.29, 1.82) is 0 Å². The van der Waals surface area contributed by atoms with Crippen molar-refractivity contribution in [3.05, 3.63) is 63.2 Å². The van der Waals surface area contributed by atoms with Crippen LogP contribution in [-0.4, -0.2) is 30.4 Å². The third-order valence-corrected chi connectivity index (χ3v) is 4.89. The van der Waals surface area contributed by atoms with E-state index in [-0.39, 0.29) is 17.4 Å². The van der Waals surface area contributed by atoms with E-state index in [1.54, 1.807) is 25.3 Å². The number of benzene rings is 3. The average molecular weight is 504 g/mol. The first-order valence-corrected chi connectivity index (χ1v) is 10.1. The van der Waals surface area contributed by atoms with Gasteiger partial charge < -0.3 is 14.6 Å². The fraction of sp³-hybridized carbons (Fsp3) is 0.182. The molecule has 0 aromatic heterocycles. The number of hydrogen-bond donors (Lipinski definition) is 2. The standard InChI is InChI=1S/C22H21IN2O4/c1-13(2)29-21-18(23)8-14(9-20(21)28-3)12-24-25-22(27)17-10-15-6-4-5-7-16(15)11-19(17)26/h4-13,26H,1-3H3,(H,25,27). The van der Waals surface area contributed by atoms with Gasteiger partial charge in [0.25, 0.3) is 5.91 Å². The third kappa shape index (κ3) is 4.97. The lowest BCUT2D eigenvalue weighted by Crippen LogP contribution is -2.17. The Morgan fingerprint density at radius 1 is 1.17 bits per heavy atom. The quantitative estimate of drug-likeness (QED) is 0.290. The number of methoxy groups -OCH3 is 1. The van der Waals surface area contributed by atoms with E-state index in [0.717, 1.165) is 19.9 Å². The van der Waals surface area contributed by atoms with Crippen LogP contribution in [-0.2, 0) is 0 Å². The van der Waals surface area contributed by atoms with Gasteiger partial charge in [0.2, 0.25) is 0 Å². The van der Waals surface area contributed by atoms with Gasteiger partial charge >= 0.3 is 0 Å². The largest absolute Gasteiger partial charge is 0.507 e. The van der Waals surface area contributed by atoms with E-state index in [1.165, 1.54) is 6.21 Å². The minimum Gasteiger partial charge on any atom is -0.507 e. The smallest absolute Gasteiger partial charge is 0.275 e. The first kappa shape index (κ1) is 20.9. The SMILES string of the molecule is COc1cc(C=NNC(=O)c2cc3ccccc3cc2O)cc(I)c1OC(C)C. The molecule has 0 unspecified atom stereocenters. The van der Waals surface area contributed by atoms with E-state index in [0.29, 0.717) is 11.5 Å². The summed E-state index contributed by atoms with van der Waals surface area (Å²) in [5.74, 6) is 0.671. The van der Waals surface area contributed by atoms with Gasteiger partial charge in [0.05, 0.1) is 28.6 Å². The molecule has 0 aliphatic heterocycles. The molecule has 0 fully saturated rings. The zero-order valence-electron chi connectivity index (χ0n) is 16.3. The van der Waals surface area contributed by atoms with Crippen LogP contribution in [0.15, 0.2) is 53.6 Å². The van der Waals surface area contributed by atoms with Gasteiger partial charge in [-0.1, -0.05) is 24.3 Å². The van der Waals surface area contributed by atoms with Gasteiger partial charge in [-0.25, -0.2) is 5.43 Å². The summed E-state index contributed by atoms with van der Waals surface area (Å²) in [4.78, 5) is 12.4. The maximum atomic E-state index is 12.4. The number of hydrazone groups is 1. The molecule has 6 nitrogen and oxygen atoms in total. The number of hydrogen-bond acceptors (Lipinski definition) is 5. The van der Waals surface area contributed by atoms with Crippen LogP contribution in [0.25, 0.3) is 10.8 Å². The number of ether oxygens (including phenoxy) is 2. The number of carbonyl (C=O) groups excluding carboxylic acids is 1. The number of phenolic OH excluding ortho intramolecular Hbond substituents is 1. The first-order chi connectivity index (χ1) is 13.9. The van der Waals surface area contributed by atoms with Crippen molar-refractivity contribution in [1.82, 2.24) is 5.43 Å². The van der Waals surface area contributed by atoms with Crippen LogP contribution in [0.5, 0.6) is 17.2 Å². The predicted molar refractivity (Wildman–Crippen MR) is 122 cm³/mol.